The molecule has 1 aliphatic carbocycles. The van der Waals surface area contributed by atoms with Crippen molar-refractivity contribution < 1.29 is 34.0 Å². The van der Waals surface area contributed by atoms with Crippen molar-refractivity contribution in [2.45, 2.75) is 44.3 Å². The first-order valence-electron chi connectivity index (χ1n) is 9.69. The average Bonchev–Trinajstić information content (AvgIpc) is 2.93. The third-order valence-electron chi connectivity index (χ3n) is 4.83. The lowest BCUT2D eigenvalue weighted by Crippen LogP contribution is -2.20. The predicted octanol–water partition coefficient (Wildman–Crippen LogP) is 2.89. The first-order valence-corrected chi connectivity index (χ1v) is 9.69. The molecule has 6 nitrogen and oxygen atoms in total. The number of hydrogen-bond donors (Lipinski definition) is 3. The van der Waals surface area contributed by atoms with E-state index in [1.54, 1.807) is 12.1 Å². The van der Waals surface area contributed by atoms with Crippen LogP contribution in [0.4, 0.5) is 4.39 Å². The number of aliphatic carboxylic acids is 1. The summed E-state index contributed by atoms with van der Waals surface area (Å²) in [6.45, 7) is -0.0857. The molecule has 0 saturated heterocycles. The molecule has 7 heteroatoms. The Morgan fingerprint density at radius 2 is 2.14 bits per heavy atom. The molecule has 1 aromatic carbocycles. The van der Waals surface area contributed by atoms with Gasteiger partial charge in [-0.2, -0.15) is 0 Å². The molecule has 0 heterocycles. The summed E-state index contributed by atoms with van der Waals surface area (Å²) in [4.78, 5) is 22.7. The Bertz CT molecular complexity index is 745. The van der Waals surface area contributed by atoms with Crippen LogP contribution in [0.2, 0.25) is 0 Å². The van der Waals surface area contributed by atoms with Crippen LogP contribution in [-0.2, 0) is 9.59 Å². The lowest BCUT2D eigenvalue weighted by molar-refractivity contribution is -0.137. The number of carbonyl (C=O) groups excluding carboxylic acids is 1. The van der Waals surface area contributed by atoms with Crippen LogP contribution in [0.25, 0.3) is 0 Å². The molecular formula is C22H27FO6. The molecule has 0 aromatic heterocycles. The number of aliphatic hydroxyl groups is 2. The maximum Gasteiger partial charge on any atom is 0.303 e. The van der Waals surface area contributed by atoms with Crippen molar-refractivity contribution in [3.8, 4) is 5.75 Å². The SMILES string of the molecule is O=C(O)CCC/C=C\C[C@H]1[C@@H](O)CC(=O)[C@@H]1/C=C/[C@H](O)COc1cccc(F)c1. The molecule has 2 rings (SSSR count). The number of allylic oxidation sites excluding steroid dienone is 3. The summed E-state index contributed by atoms with van der Waals surface area (Å²) < 4.78 is 18.5. The van der Waals surface area contributed by atoms with Crippen molar-refractivity contribution in [3.63, 3.8) is 0 Å². The monoisotopic (exact) mass is 406 g/mol. The van der Waals surface area contributed by atoms with E-state index >= 15 is 0 Å². The molecular weight excluding hydrogens is 379 g/mol. The van der Waals surface area contributed by atoms with Gasteiger partial charge >= 0.3 is 5.97 Å². The number of carboxylic acids is 1. The summed E-state index contributed by atoms with van der Waals surface area (Å²) in [6.07, 6.45) is 6.89. The van der Waals surface area contributed by atoms with Crippen LogP contribution in [0.5, 0.6) is 5.75 Å². The molecule has 0 bridgehead atoms. The number of Topliss-reactive ketones (excluding diaryl/α,β-unsaturated/α-hetero) is 1. The maximum absolute atomic E-state index is 13.1. The van der Waals surface area contributed by atoms with Crippen LogP contribution < -0.4 is 4.74 Å². The third-order valence-corrected chi connectivity index (χ3v) is 4.83. The van der Waals surface area contributed by atoms with E-state index in [1.807, 2.05) is 12.2 Å². The number of ketones is 1. The normalized spacial score (nSPS) is 23.1. The van der Waals surface area contributed by atoms with E-state index in [0.717, 1.165) is 0 Å². The highest BCUT2D eigenvalue weighted by Crippen LogP contribution is 2.33. The molecule has 1 aliphatic rings. The minimum absolute atomic E-state index is 0.0718. The van der Waals surface area contributed by atoms with Gasteiger partial charge < -0.3 is 20.1 Å². The highest BCUT2D eigenvalue weighted by atomic mass is 19.1. The Balaban J connectivity index is 1.84. The lowest BCUT2D eigenvalue weighted by Gasteiger charge is -2.17. The molecule has 3 N–H and O–H groups in total. The summed E-state index contributed by atoms with van der Waals surface area (Å²) in [6, 6.07) is 5.59. The van der Waals surface area contributed by atoms with Crippen LogP contribution in [-0.4, -0.2) is 45.9 Å². The summed E-state index contributed by atoms with van der Waals surface area (Å²) in [7, 11) is 0. The second-order valence-corrected chi connectivity index (χ2v) is 7.14. The Morgan fingerprint density at radius 1 is 1.34 bits per heavy atom. The van der Waals surface area contributed by atoms with Crippen molar-refractivity contribution in [2.24, 2.45) is 11.8 Å². The van der Waals surface area contributed by atoms with Gasteiger partial charge in [-0.1, -0.05) is 30.4 Å². The topological polar surface area (TPSA) is 104 Å². The van der Waals surface area contributed by atoms with E-state index < -0.39 is 29.9 Å². The molecule has 4 atom stereocenters. The Hall–Kier alpha value is -2.51. The minimum Gasteiger partial charge on any atom is -0.490 e. The molecule has 29 heavy (non-hydrogen) atoms. The van der Waals surface area contributed by atoms with Gasteiger partial charge in [0.15, 0.2) is 0 Å². The summed E-state index contributed by atoms with van der Waals surface area (Å²) in [5.41, 5.74) is 0. The largest absolute Gasteiger partial charge is 0.490 e. The van der Waals surface area contributed by atoms with Crippen molar-refractivity contribution in [1.82, 2.24) is 0 Å². The zero-order valence-corrected chi connectivity index (χ0v) is 16.1. The summed E-state index contributed by atoms with van der Waals surface area (Å²) in [5, 5.41) is 28.8. The van der Waals surface area contributed by atoms with Crippen LogP contribution >= 0.6 is 0 Å². The molecule has 1 saturated carbocycles. The zero-order valence-electron chi connectivity index (χ0n) is 16.1. The second kappa shape index (κ2) is 11.5. The van der Waals surface area contributed by atoms with E-state index in [9.17, 15) is 24.2 Å². The average molecular weight is 406 g/mol. The molecule has 0 radical (unpaired) electrons. The first-order chi connectivity index (χ1) is 13.9. The van der Waals surface area contributed by atoms with E-state index in [-0.39, 0.29) is 31.1 Å². The minimum atomic E-state index is -0.976. The number of unbranched alkanes of at least 4 members (excludes halogenated alkanes) is 1. The van der Waals surface area contributed by atoms with Crippen molar-refractivity contribution in [3.05, 3.63) is 54.4 Å². The number of hydrogen-bond acceptors (Lipinski definition) is 5. The molecule has 0 spiro atoms. The molecule has 1 aromatic rings. The van der Waals surface area contributed by atoms with Crippen LogP contribution in [0.3, 0.4) is 0 Å². The van der Waals surface area contributed by atoms with Crippen molar-refractivity contribution >= 4 is 11.8 Å². The maximum atomic E-state index is 13.1. The quantitative estimate of drug-likeness (QED) is 0.386. The van der Waals surface area contributed by atoms with Gasteiger partial charge in [0.2, 0.25) is 0 Å². The highest BCUT2D eigenvalue weighted by molar-refractivity contribution is 5.86. The summed E-state index contributed by atoms with van der Waals surface area (Å²) >= 11 is 0. The fraction of sp³-hybridized carbons (Fsp3) is 0.455. The molecule has 158 valence electrons. The first kappa shape index (κ1) is 22.8. The molecule has 0 unspecified atom stereocenters. The zero-order chi connectivity index (χ0) is 21.2. The Kier molecular flexibility index (Phi) is 9.02. The fourth-order valence-corrected chi connectivity index (χ4v) is 3.31. The van der Waals surface area contributed by atoms with Crippen LogP contribution in [0.1, 0.15) is 32.1 Å². The van der Waals surface area contributed by atoms with Gasteiger partial charge in [-0.05, 0) is 31.4 Å². The van der Waals surface area contributed by atoms with Gasteiger partial charge in [-0.3, -0.25) is 9.59 Å². The van der Waals surface area contributed by atoms with Crippen molar-refractivity contribution in [2.75, 3.05) is 6.61 Å². The van der Waals surface area contributed by atoms with Gasteiger partial charge in [0.25, 0.3) is 0 Å². The number of halogens is 1. The van der Waals surface area contributed by atoms with Gasteiger partial charge in [0, 0.05) is 30.7 Å². The van der Waals surface area contributed by atoms with Gasteiger partial charge in [-0.15, -0.1) is 0 Å². The third kappa shape index (κ3) is 7.79. The van der Waals surface area contributed by atoms with E-state index in [1.165, 1.54) is 24.3 Å². The van der Waals surface area contributed by atoms with Crippen LogP contribution in [0.15, 0.2) is 48.6 Å². The van der Waals surface area contributed by atoms with Crippen molar-refractivity contribution in [1.29, 1.82) is 0 Å². The highest BCUT2D eigenvalue weighted by Gasteiger charge is 2.39. The fourth-order valence-electron chi connectivity index (χ4n) is 3.31. The van der Waals surface area contributed by atoms with E-state index in [2.05, 4.69) is 0 Å². The van der Waals surface area contributed by atoms with Gasteiger partial charge in [-0.25, -0.2) is 4.39 Å². The Morgan fingerprint density at radius 3 is 2.86 bits per heavy atom. The summed E-state index contributed by atoms with van der Waals surface area (Å²) in [5.74, 6) is -1.84. The number of rotatable bonds is 11. The number of carboxylic acid groups (broad SMARTS) is 1. The van der Waals surface area contributed by atoms with Gasteiger partial charge in [0.05, 0.1) is 6.10 Å². The van der Waals surface area contributed by atoms with Gasteiger partial charge in [0.1, 0.15) is 30.1 Å². The molecule has 1 fully saturated rings. The smallest absolute Gasteiger partial charge is 0.303 e. The Labute approximate surface area is 169 Å². The van der Waals surface area contributed by atoms with E-state index in [4.69, 9.17) is 9.84 Å². The predicted molar refractivity (Wildman–Crippen MR) is 105 cm³/mol. The number of carbonyl (C=O) groups is 2. The number of aliphatic hydroxyl groups excluding tert-OH is 2. The van der Waals surface area contributed by atoms with Crippen LogP contribution in [0, 0.1) is 17.7 Å². The second-order valence-electron chi connectivity index (χ2n) is 7.14. The molecule has 0 amide bonds. The van der Waals surface area contributed by atoms with E-state index in [0.29, 0.717) is 25.0 Å². The standard InChI is InChI=1S/C22H27FO6/c23-15-6-5-7-17(12-15)29-14-16(24)10-11-19-18(20(25)13-21(19)26)8-3-1-2-4-9-22(27)28/h1,3,5-7,10-12,16,18-20,24-25H,2,4,8-9,13-14H2,(H,27,28)/b3-1-,11-10+/t16-,18+,19+,20-/m0/s1. The number of benzene rings is 1. The molecule has 0 aliphatic heterocycles. The lowest BCUT2D eigenvalue weighted by atomic mass is 9.90. The number of ether oxygens (including phenoxy) is 1.